The van der Waals surface area contributed by atoms with Crippen LogP contribution in [0.5, 0.6) is 0 Å². The topological polar surface area (TPSA) is 77.2 Å². The highest BCUT2D eigenvalue weighted by Gasteiger charge is 2.54. The Morgan fingerprint density at radius 1 is 1.17 bits per heavy atom. The van der Waals surface area contributed by atoms with Gasteiger partial charge in [0.2, 0.25) is 10.0 Å². The molecular weight excluding hydrogens is 310 g/mol. The standard InChI is InChI=1S/C18H23NO3S/c1-18-9-8-14-13-5-3-12(23(19,21)22)10-11(13)2-4-15(14)16(18)6-7-17(18)20/h3,5,10,14-16H,2,4,6-9H2,1H3,(H2,19,21,22)/t14?,15?,16?,18-/m0/s1. The molecule has 1 aromatic carbocycles. The predicted molar refractivity (Wildman–Crippen MR) is 87.4 cm³/mol. The fourth-order valence-electron chi connectivity index (χ4n) is 5.51. The molecule has 4 atom stereocenters. The highest BCUT2D eigenvalue weighted by Crippen LogP contribution is 2.59. The van der Waals surface area contributed by atoms with Crippen LogP contribution < -0.4 is 5.14 Å². The summed E-state index contributed by atoms with van der Waals surface area (Å²) in [5.74, 6) is 1.99. The fraction of sp³-hybridized carbons (Fsp3) is 0.611. The molecular formula is C18H23NO3S. The maximum atomic E-state index is 12.3. The van der Waals surface area contributed by atoms with Crippen molar-refractivity contribution in [1.82, 2.24) is 0 Å². The number of rotatable bonds is 1. The van der Waals surface area contributed by atoms with Crippen molar-refractivity contribution >= 4 is 15.8 Å². The zero-order valence-corrected chi connectivity index (χ0v) is 14.2. The first-order chi connectivity index (χ1) is 10.8. The lowest BCUT2D eigenvalue weighted by Gasteiger charge is -2.48. The van der Waals surface area contributed by atoms with Crippen LogP contribution in [-0.2, 0) is 21.2 Å². The SMILES string of the molecule is C[C@]12CCC3c4ccc(S(N)(=O)=O)cc4CCC3C1CCC2=O. The number of sulfonamides is 1. The zero-order chi connectivity index (χ0) is 16.4. The van der Waals surface area contributed by atoms with Crippen LogP contribution in [0.3, 0.4) is 0 Å². The molecule has 3 aliphatic rings. The van der Waals surface area contributed by atoms with E-state index in [2.05, 4.69) is 6.92 Å². The van der Waals surface area contributed by atoms with Crippen molar-refractivity contribution in [2.24, 2.45) is 22.4 Å². The Morgan fingerprint density at radius 3 is 2.70 bits per heavy atom. The summed E-state index contributed by atoms with van der Waals surface area (Å²) in [6, 6.07) is 5.37. The third kappa shape index (κ3) is 2.20. The molecule has 5 heteroatoms. The smallest absolute Gasteiger partial charge is 0.238 e. The second kappa shape index (κ2) is 4.90. The van der Waals surface area contributed by atoms with Gasteiger partial charge in [-0.25, -0.2) is 13.6 Å². The van der Waals surface area contributed by atoms with Gasteiger partial charge in [-0.3, -0.25) is 4.79 Å². The number of aryl methyl sites for hydroxylation is 1. The minimum Gasteiger partial charge on any atom is -0.299 e. The van der Waals surface area contributed by atoms with Crippen LogP contribution in [0.2, 0.25) is 0 Å². The van der Waals surface area contributed by atoms with E-state index in [1.807, 2.05) is 6.07 Å². The first-order valence-corrected chi connectivity index (χ1v) is 10.0. The lowest BCUT2D eigenvalue weighted by Crippen LogP contribution is -2.42. The quantitative estimate of drug-likeness (QED) is 0.858. The van der Waals surface area contributed by atoms with Crippen LogP contribution in [0.15, 0.2) is 23.1 Å². The summed E-state index contributed by atoms with van der Waals surface area (Å²) in [4.78, 5) is 12.5. The molecule has 1 aromatic rings. The van der Waals surface area contributed by atoms with E-state index >= 15 is 0 Å². The molecule has 23 heavy (non-hydrogen) atoms. The maximum Gasteiger partial charge on any atom is 0.238 e. The molecule has 0 saturated heterocycles. The summed E-state index contributed by atoms with van der Waals surface area (Å²) in [5, 5.41) is 5.26. The van der Waals surface area contributed by atoms with Crippen molar-refractivity contribution in [3.8, 4) is 0 Å². The molecule has 0 bridgehead atoms. The summed E-state index contributed by atoms with van der Waals surface area (Å²) in [7, 11) is -3.64. The van der Waals surface area contributed by atoms with E-state index in [-0.39, 0.29) is 10.3 Å². The van der Waals surface area contributed by atoms with Crippen LogP contribution in [0.1, 0.15) is 56.1 Å². The van der Waals surface area contributed by atoms with Gasteiger partial charge in [0.25, 0.3) is 0 Å². The molecule has 4 rings (SSSR count). The maximum absolute atomic E-state index is 12.3. The summed E-state index contributed by atoms with van der Waals surface area (Å²) >= 11 is 0. The number of ketones is 1. The van der Waals surface area contributed by atoms with Crippen molar-refractivity contribution < 1.29 is 13.2 Å². The van der Waals surface area contributed by atoms with Gasteiger partial charge in [0, 0.05) is 11.8 Å². The molecule has 0 heterocycles. The number of benzene rings is 1. The first kappa shape index (κ1) is 15.3. The molecule has 0 aliphatic heterocycles. The number of Topliss-reactive ketones (excluding diaryl/α,β-unsaturated/α-hetero) is 1. The number of fused-ring (bicyclic) bond motifs is 5. The van der Waals surface area contributed by atoms with Gasteiger partial charge in [-0.1, -0.05) is 13.0 Å². The van der Waals surface area contributed by atoms with E-state index in [0.717, 1.165) is 44.1 Å². The van der Waals surface area contributed by atoms with Gasteiger partial charge in [0.1, 0.15) is 5.78 Å². The Labute approximate surface area is 137 Å². The van der Waals surface area contributed by atoms with E-state index in [1.54, 1.807) is 12.1 Å². The number of primary sulfonamides is 1. The van der Waals surface area contributed by atoms with E-state index < -0.39 is 10.0 Å². The largest absolute Gasteiger partial charge is 0.299 e. The van der Waals surface area contributed by atoms with Crippen molar-refractivity contribution in [3.63, 3.8) is 0 Å². The van der Waals surface area contributed by atoms with Crippen molar-refractivity contribution in [3.05, 3.63) is 29.3 Å². The van der Waals surface area contributed by atoms with Gasteiger partial charge in [-0.15, -0.1) is 0 Å². The lowest BCUT2D eigenvalue weighted by molar-refractivity contribution is -0.129. The molecule has 0 radical (unpaired) electrons. The molecule has 3 aliphatic carbocycles. The molecule has 0 spiro atoms. The fourth-order valence-corrected chi connectivity index (χ4v) is 6.07. The van der Waals surface area contributed by atoms with Crippen LogP contribution in [0.4, 0.5) is 0 Å². The first-order valence-electron chi connectivity index (χ1n) is 8.49. The average Bonchev–Trinajstić information content (AvgIpc) is 2.81. The molecule has 0 aromatic heterocycles. The second-order valence-corrected chi connectivity index (χ2v) is 9.30. The van der Waals surface area contributed by atoms with Gasteiger partial charge >= 0.3 is 0 Å². The van der Waals surface area contributed by atoms with E-state index in [0.29, 0.717) is 23.5 Å². The number of nitrogens with two attached hydrogens (primary N) is 1. The Kier molecular flexibility index (Phi) is 3.27. The summed E-state index contributed by atoms with van der Waals surface area (Å²) in [6.07, 6.45) is 5.71. The van der Waals surface area contributed by atoms with Crippen LogP contribution >= 0.6 is 0 Å². The summed E-state index contributed by atoms with van der Waals surface area (Å²) < 4.78 is 23.1. The van der Waals surface area contributed by atoms with Crippen molar-refractivity contribution in [2.75, 3.05) is 0 Å². The number of hydrogen-bond acceptors (Lipinski definition) is 3. The molecule has 2 N–H and O–H groups in total. The number of carbonyl (C=O) groups is 1. The van der Waals surface area contributed by atoms with Crippen LogP contribution in [0.25, 0.3) is 0 Å². The van der Waals surface area contributed by atoms with Gasteiger partial charge in [-0.05, 0) is 73.1 Å². The van der Waals surface area contributed by atoms with Crippen molar-refractivity contribution in [1.29, 1.82) is 0 Å². The summed E-state index contributed by atoms with van der Waals surface area (Å²) in [6.45, 7) is 2.17. The third-order valence-electron chi connectivity index (χ3n) is 6.74. The van der Waals surface area contributed by atoms with E-state index in [4.69, 9.17) is 5.14 Å². The summed E-state index contributed by atoms with van der Waals surface area (Å²) in [5.41, 5.74) is 2.31. The van der Waals surface area contributed by atoms with E-state index in [9.17, 15) is 13.2 Å². The van der Waals surface area contributed by atoms with E-state index in [1.165, 1.54) is 5.56 Å². The molecule has 4 nitrogen and oxygen atoms in total. The van der Waals surface area contributed by atoms with Crippen molar-refractivity contribution in [2.45, 2.75) is 56.3 Å². The van der Waals surface area contributed by atoms with Gasteiger partial charge < -0.3 is 0 Å². The normalized spacial score (nSPS) is 36.3. The highest BCUT2D eigenvalue weighted by molar-refractivity contribution is 7.89. The van der Waals surface area contributed by atoms with Gasteiger partial charge in [0.05, 0.1) is 4.90 Å². The molecule has 2 fully saturated rings. The average molecular weight is 333 g/mol. The van der Waals surface area contributed by atoms with Gasteiger partial charge in [-0.2, -0.15) is 0 Å². The monoisotopic (exact) mass is 333 g/mol. The number of carbonyl (C=O) groups excluding carboxylic acids is 1. The Balaban J connectivity index is 1.72. The highest BCUT2D eigenvalue weighted by atomic mass is 32.2. The molecule has 3 unspecified atom stereocenters. The molecule has 124 valence electrons. The second-order valence-electron chi connectivity index (χ2n) is 7.74. The van der Waals surface area contributed by atoms with Crippen LogP contribution in [-0.4, -0.2) is 14.2 Å². The van der Waals surface area contributed by atoms with Gasteiger partial charge in [0.15, 0.2) is 0 Å². The minimum atomic E-state index is -3.64. The van der Waals surface area contributed by atoms with Crippen LogP contribution in [0, 0.1) is 17.3 Å². The minimum absolute atomic E-state index is 0.112. The molecule has 0 amide bonds. The Hall–Kier alpha value is -1.20. The lowest BCUT2D eigenvalue weighted by atomic mass is 9.55. The Morgan fingerprint density at radius 2 is 1.96 bits per heavy atom. The third-order valence-corrected chi connectivity index (χ3v) is 7.65. The Bertz CT molecular complexity index is 785. The number of hydrogen-bond donors (Lipinski definition) is 1. The zero-order valence-electron chi connectivity index (χ0n) is 13.4. The predicted octanol–water partition coefficient (Wildman–Crippen LogP) is 2.76. The molecule has 2 saturated carbocycles.